The van der Waals surface area contributed by atoms with Crippen LogP contribution in [0.25, 0.3) is 0 Å². The molecule has 0 saturated carbocycles. The normalized spacial score (nSPS) is 19.5. The lowest BCUT2D eigenvalue weighted by Gasteiger charge is -2.14. The molecular formula is C9H12S. The lowest BCUT2D eigenvalue weighted by atomic mass is 9.94. The number of hydrogen-bond acceptors (Lipinski definition) is 1. The summed E-state index contributed by atoms with van der Waals surface area (Å²) in [6.07, 6.45) is 3.16. The molecule has 0 bridgehead atoms. The summed E-state index contributed by atoms with van der Waals surface area (Å²) in [6.45, 7) is 6.38. The molecule has 1 heteroatoms. The van der Waals surface area contributed by atoms with Gasteiger partial charge in [-0.3, -0.25) is 0 Å². The Labute approximate surface area is 67.6 Å². The van der Waals surface area contributed by atoms with E-state index in [0.717, 1.165) is 11.3 Å². The predicted molar refractivity (Wildman–Crippen MR) is 49.3 cm³/mol. The van der Waals surface area contributed by atoms with Crippen molar-refractivity contribution in [1.29, 1.82) is 0 Å². The van der Waals surface area contributed by atoms with Gasteiger partial charge in [0.2, 0.25) is 0 Å². The topological polar surface area (TPSA) is 0 Å². The number of rotatable bonds is 0. The average Bonchev–Trinajstić information content (AvgIpc) is 1.93. The quantitative estimate of drug-likeness (QED) is 0.481. The van der Waals surface area contributed by atoms with Crippen LogP contribution in [0.4, 0.5) is 0 Å². The van der Waals surface area contributed by atoms with Crippen molar-refractivity contribution in [3.63, 3.8) is 0 Å². The smallest absolute Gasteiger partial charge is 0.0221 e. The van der Waals surface area contributed by atoms with Crippen LogP contribution in [-0.4, -0.2) is 4.86 Å². The van der Waals surface area contributed by atoms with Gasteiger partial charge in [0.15, 0.2) is 0 Å². The first-order valence-electron chi connectivity index (χ1n) is 3.50. The molecule has 10 heavy (non-hydrogen) atoms. The summed E-state index contributed by atoms with van der Waals surface area (Å²) < 4.78 is 0. The molecule has 54 valence electrons. The molecule has 0 saturated heterocycles. The third-order valence-electron chi connectivity index (χ3n) is 2.17. The van der Waals surface area contributed by atoms with Crippen LogP contribution in [-0.2, 0) is 0 Å². The zero-order chi connectivity index (χ0) is 7.72. The highest BCUT2D eigenvalue weighted by molar-refractivity contribution is 7.80. The molecule has 1 aliphatic rings. The van der Waals surface area contributed by atoms with Gasteiger partial charge < -0.3 is 0 Å². The van der Waals surface area contributed by atoms with Crippen molar-refractivity contribution < 1.29 is 0 Å². The van der Waals surface area contributed by atoms with Crippen molar-refractivity contribution in [2.45, 2.75) is 27.2 Å². The summed E-state index contributed by atoms with van der Waals surface area (Å²) in [5, 5.41) is 0. The van der Waals surface area contributed by atoms with Gasteiger partial charge in [-0.1, -0.05) is 23.9 Å². The molecule has 0 spiro atoms. The second kappa shape index (κ2) is 2.67. The van der Waals surface area contributed by atoms with E-state index in [2.05, 4.69) is 26.8 Å². The van der Waals surface area contributed by atoms with E-state index in [1.54, 1.807) is 0 Å². The highest BCUT2D eigenvalue weighted by Gasteiger charge is 2.08. The second-order valence-corrected chi connectivity index (χ2v) is 3.26. The van der Waals surface area contributed by atoms with Gasteiger partial charge in [-0.05, 0) is 31.9 Å². The molecule has 0 N–H and O–H groups in total. The summed E-state index contributed by atoms with van der Waals surface area (Å²) in [5.41, 5.74) is 4.04. The Morgan fingerprint density at radius 3 is 2.30 bits per heavy atom. The number of allylic oxidation sites excluding steroid dienone is 4. The van der Waals surface area contributed by atoms with Crippen molar-refractivity contribution in [3.05, 3.63) is 22.8 Å². The molecular weight excluding hydrogens is 140 g/mol. The van der Waals surface area contributed by atoms with E-state index >= 15 is 0 Å². The zero-order valence-electron chi connectivity index (χ0n) is 6.69. The van der Waals surface area contributed by atoms with Gasteiger partial charge in [0.1, 0.15) is 0 Å². The largest absolute Gasteiger partial charge is 0.0843 e. The molecule has 1 rings (SSSR count). The summed E-state index contributed by atoms with van der Waals surface area (Å²) in [5.74, 6) is 0. The monoisotopic (exact) mass is 152 g/mol. The fraction of sp³-hybridized carbons (Fsp3) is 0.444. The van der Waals surface area contributed by atoms with E-state index in [-0.39, 0.29) is 0 Å². The Kier molecular flexibility index (Phi) is 2.05. The third kappa shape index (κ3) is 1.19. The summed E-state index contributed by atoms with van der Waals surface area (Å²) in [4.78, 5) is 1.10. The Bertz CT molecular complexity index is 227. The Balaban J connectivity index is 3.06. The molecule has 0 amide bonds. The van der Waals surface area contributed by atoms with Crippen molar-refractivity contribution >= 4 is 17.1 Å². The van der Waals surface area contributed by atoms with Gasteiger partial charge in [-0.15, -0.1) is 0 Å². The standard InChI is InChI=1S/C9H12S/c1-6-4-5-9(10)8(3)7(6)2/h4H,5H2,1-3H3. The Morgan fingerprint density at radius 2 is 1.80 bits per heavy atom. The van der Waals surface area contributed by atoms with Crippen LogP contribution in [0.3, 0.4) is 0 Å². The molecule has 0 fully saturated rings. The van der Waals surface area contributed by atoms with E-state index in [4.69, 9.17) is 12.2 Å². The first-order valence-corrected chi connectivity index (χ1v) is 3.91. The molecule has 0 unspecified atom stereocenters. The highest BCUT2D eigenvalue weighted by Crippen LogP contribution is 2.22. The van der Waals surface area contributed by atoms with Crippen LogP contribution < -0.4 is 0 Å². The fourth-order valence-corrected chi connectivity index (χ4v) is 1.29. The molecule has 0 nitrogen and oxygen atoms in total. The zero-order valence-corrected chi connectivity index (χ0v) is 7.51. The van der Waals surface area contributed by atoms with Crippen molar-refractivity contribution in [3.8, 4) is 0 Å². The minimum atomic E-state index is 0.963. The highest BCUT2D eigenvalue weighted by atomic mass is 32.1. The molecule has 0 aromatic carbocycles. The van der Waals surface area contributed by atoms with Crippen LogP contribution in [0.2, 0.25) is 0 Å². The fourth-order valence-electron chi connectivity index (χ4n) is 1.06. The van der Waals surface area contributed by atoms with Crippen LogP contribution in [0, 0.1) is 0 Å². The van der Waals surface area contributed by atoms with E-state index in [1.807, 2.05) is 0 Å². The summed E-state index contributed by atoms with van der Waals surface area (Å²) in [6, 6.07) is 0. The van der Waals surface area contributed by atoms with Gasteiger partial charge >= 0.3 is 0 Å². The first kappa shape index (κ1) is 7.67. The van der Waals surface area contributed by atoms with Gasteiger partial charge in [0, 0.05) is 11.3 Å². The van der Waals surface area contributed by atoms with E-state index in [9.17, 15) is 0 Å². The maximum absolute atomic E-state index is 5.16. The SMILES string of the molecule is CC1=CCC(=S)C(C)=C1C. The predicted octanol–water partition coefficient (Wildman–Crippen LogP) is 3.04. The van der Waals surface area contributed by atoms with Crippen LogP contribution in [0.15, 0.2) is 22.8 Å². The minimum Gasteiger partial charge on any atom is -0.0843 e. The molecule has 0 atom stereocenters. The molecule has 0 heterocycles. The van der Waals surface area contributed by atoms with Crippen LogP contribution in [0.1, 0.15) is 27.2 Å². The van der Waals surface area contributed by atoms with E-state index < -0.39 is 0 Å². The first-order chi connectivity index (χ1) is 4.63. The van der Waals surface area contributed by atoms with Gasteiger partial charge in [-0.2, -0.15) is 0 Å². The second-order valence-electron chi connectivity index (χ2n) is 2.76. The summed E-state index contributed by atoms with van der Waals surface area (Å²) >= 11 is 5.16. The number of thiocarbonyl (C=S) groups is 1. The third-order valence-corrected chi connectivity index (χ3v) is 2.64. The Hall–Kier alpha value is -0.430. The molecule has 0 aromatic heterocycles. The van der Waals surface area contributed by atoms with Crippen LogP contribution in [0.5, 0.6) is 0 Å². The van der Waals surface area contributed by atoms with E-state index in [0.29, 0.717) is 0 Å². The van der Waals surface area contributed by atoms with E-state index in [1.165, 1.54) is 16.7 Å². The van der Waals surface area contributed by atoms with Gasteiger partial charge in [0.05, 0.1) is 0 Å². The van der Waals surface area contributed by atoms with Crippen LogP contribution >= 0.6 is 12.2 Å². The molecule has 0 aliphatic heterocycles. The lowest BCUT2D eigenvalue weighted by molar-refractivity contribution is 1.22. The Morgan fingerprint density at radius 1 is 1.20 bits per heavy atom. The maximum Gasteiger partial charge on any atom is 0.0221 e. The molecule has 1 aliphatic carbocycles. The van der Waals surface area contributed by atoms with Gasteiger partial charge in [-0.25, -0.2) is 0 Å². The maximum atomic E-state index is 5.16. The summed E-state index contributed by atoms with van der Waals surface area (Å²) in [7, 11) is 0. The van der Waals surface area contributed by atoms with Crippen molar-refractivity contribution in [2.75, 3.05) is 0 Å². The van der Waals surface area contributed by atoms with Crippen molar-refractivity contribution in [2.24, 2.45) is 0 Å². The lowest BCUT2D eigenvalue weighted by Crippen LogP contribution is -2.03. The van der Waals surface area contributed by atoms with Crippen molar-refractivity contribution in [1.82, 2.24) is 0 Å². The average molecular weight is 152 g/mol. The molecule has 0 aromatic rings. The number of hydrogen-bond donors (Lipinski definition) is 0. The minimum absolute atomic E-state index is 0.963. The molecule has 0 radical (unpaired) electrons. The van der Waals surface area contributed by atoms with Gasteiger partial charge in [0.25, 0.3) is 0 Å².